The van der Waals surface area contributed by atoms with E-state index in [-0.39, 0.29) is 0 Å². The smallest absolute Gasteiger partial charge is 0.0714 e. The van der Waals surface area contributed by atoms with Crippen LogP contribution in [0.3, 0.4) is 0 Å². The molecule has 1 aliphatic rings. The summed E-state index contributed by atoms with van der Waals surface area (Å²) in [7, 11) is 0. The van der Waals surface area contributed by atoms with E-state index in [0.717, 1.165) is 33.8 Å². The van der Waals surface area contributed by atoms with Crippen molar-refractivity contribution in [1.29, 1.82) is 0 Å². The molecule has 0 unspecified atom stereocenters. The molecule has 0 amide bonds. The van der Waals surface area contributed by atoms with E-state index in [4.69, 9.17) is 0 Å². The van der Waals surface area contributed by atoms with Crippen LogP contribution in [0.15, 0.2) is 309 Å². The second-order valence-electron chi connectivity index (χ2n) is 19.1. The van der Waals surface area contributed by atoms with Crippen molar-refractivity contribution in [3.63, 3.8) is 0 Å². The minimum atomic E-state index is -0.566. The Bertz CT molecular complexity index is 3860. The fourth-order valence-electron chi connectivity index (χ4n) is 11.7. The third kappa shape index (κ3) is 7.75. The first-order chi connectivity index (χ1) is 36.7. The highest BCUT2D eigenvalue weighted by Crippen LogP contribution is 2.58. The molecule has 0 heterocycles. The number of fused-ring (bicyclic) bond motifs is 3. The van der Waals surface area contributed by atoms with Crippen LogP contribution >= 0.6 is 0 Å². The van der Waals surface area contributed by atoms with Crippen LogP contribution in [0.1, 0.15) is 22.3 Å². The lowest BCUT2D eigenvalue weighted by atomic mass is 9.67. The number of rotatable bonds is 11. The summed E-state index contributed by atoms with van der Waals surface area (Å²) >= 11 is 0. The monoisotopic (exact) mass is 941 g/mol. The molecule has 12 aromatic carbocycles. The van der Waals surface area contributed by atoms with Gasteiger partial charge in [0, 0.05) is 16.9 Å². The average Bonchev–Trinajstić information content (AvgIpc) is 3.79. The maximum absolute atomic E-state index is 2.49. The fourth-order valence-corrected chi connectivity index (χ4v) is 11.7. The second-order valence-corrected chi connectivity index (χ2v) is 19.1. The van der Waals surface area contributed by atoms with Crippen molar-refractivity contribution in [2.45, 2.75) is 5.41 Å². The number of benzene rings is 12. The standard InChI is InChI=1S/C73H51N/c1-6-23-52(24-7-1)53-41-43-54(44-42-53)55-45-47-60(48-46-55)74(61-49-50-65-64-34-18-20-39-69(64)73(70(65)51-61,58-29-12-4-13-30-58)59-31-14-5-15-32-59)71-40-21-19-35-66(71)68-38-22-37-63(57-27-10-3-11-28-57)72(68)67-36-17-16-33-62(67)56-25-8-2-9-26-56/h1-51H. The number of anilines is 3. The summed E-state index contributed by atoms with van der Waals surface area (Å²) in [4.78, 5) is 2.49. The quantitative estimate of drug-likeness (QED) is 0.125. The van der Waals surface area contributed by atoms with Crippen molar-refractivity contribution in [2.24, 2.45) is 0 Å². The lowest BCUT2D eigenvalue weighted by Gasteiger charge is -2.35. The van der Waals surface area contributed by atoms with Crippen molar-refractivity contribution in [3.05, 3.63) is 332 Å². The molecule has 0 radical (unpaired) electrons. The van der Waals surface area contributed by atoms with Gasteiger partial charge in [-0.15, -0.1) is 0 Å². The van der Waals surface area contributed by atoms with Crippen LogP contribution < -0.4 is 4.90 Å². The highest BCUT2D eigenvalue weighted by molar-refractivity contribution is 6.03. The Hall–Kier alpha value is -9.56. The van der Waals surface area contributed by atoms with Gasteiger partial charge in [-0.1, -0.05) is 279 Å². The van der Waals surface area contributed by atoms with Crippen LogP contribution in [0.2, 0.25) is 0 Å². The molecule has 74 heavy (non-hydrogen) atoms. The first-order valence-electron chi connectivity index (χ1n) is 25.6. The third-order valence-corrected chi connectivity index (χ3v) is 15.0. The molecule has 0 fully saturated rings. The van der Waals surface area contributed by atoms with Crippen LogP contribution in [0.25, 0.3) is 77.9 Å². The number of hydrogen-bond donors (Lipinski definition) is 0. The van der Waals surface area contributed by atoms with Gasteiger partial charge in [0.1, 0.15) is 0 Å². The second kappa shape index (κ2) is 19.2. The zero-order valence-corrected chi connectivity index (χ0v) is 40.9. The number of para-hydroxylation sites is 1. The fraction of sp³-hybridized carbons (Fsp3) is 0.0137. The van der Waals surface area contributed by atoms with Crippen LogP contribution in [0.4, 0.5) is 17.1 Å². The first kappa shape index (κ1) is 44.4. The Balaban J connectivity index is 1.05. The van der Waals surface area contributed by atoms with E-state index in [1.165, 1.54) is 83.5 Å². The Morgan fingerprint density at radius 3 is 1.20 bits per heavy atom. The summed E-state index contributed by atoms with van der Waals surface area (Å²) in [5.41, 5.74) is 24.3. The van der Waals surface area contributed by atoms with Gasteiger partial charge < -0.3 is 4.90 Å². The molecule has 13 rings (SSSR count). The van der Waals surface area contributed by atoms with Crippen molar-refractivity contribution in [1.82, 2.24) is 0 Å². The van der Waals surface area contributed by atoms with Crippen molar-refractivity contribution in [3.8, 4) is 77.9 Å². The Morgan fingerprint density at radius 1 is 0.216 bits per heavy atom. The van der Waals surface area contributed by atoms with E-state index in [1.54, 1.807) is 0 Å². The molecule has 1 heteroatoms. The van der Waals surface area contributed by atoms with Crippen molar-refractivity contribution >= 4 is 17.1 Å². The molecular weight excluding hydrogens is 891 g/mol. The molecule has 1 aliphatic carbocycles. The summed E-state index contributed by atoms with van der Waals surface area (Å²) in [6, 6.07) is 113. The summed E-state index contributed by atoms with van der Waals surface area (Å²) in [6.07, 6.45) is 0. The van der Waals surface area contributed by atoms with Gasteiger partial charge in [0.25, 0.3) is 0 Å². The molecule has 0 saturated heterocycles. The highest BCUT2D eigenvalue weighted by Gasteiger charge is 2.46. The van der Waals surface area contributed by atoms with Crippen LogP contribution in [0, 0.1) is 0 Å². The van der Waals surface area contributed by atoms with Gasteiger partial charge in [0.05, 0.1) is 11.1 Å². The molecular formula is C73H51N. The van der Waals surface area contributed by atoms with E-state index in [2.05, 4.69) is 314 Å². The molecule has 0 saturated carbocycles. The van der Waals surface area contributed by atoms with E-state index in [1.807, 2.05) is 0 Å². The van der Waals surface area contributed by atoms with E-state index >= 15 is 0 Å². The SMILES string of the molecule is c1ccc(-c2ccc(-c3ccc(N(c4ccc5c(c4)C(c4ccccc4)(c4ccccc4)c4ccccc4-5)c4ccccc4-c4cccc(-c5ccccc5)c4-c4ccccc4-c4ccccc4)cc3)cc2)cc1. The van der Waals surface area contributed by atoms with E-state index < -0.39 is 5.41 Å². The average molecular weight is 942 g/mol. The van der Waals surface area contributed by atoms with Crippen LogP contribution in [0.5, 0.6) is 0 Å². The van der Waals surface area contributed by atoms with Crippen molar-refractivity contribution in [2.75, 3.05) is 4.90 Å². The first-order valence-corrected chi connectivity index (χ1v) is 25.6. The molecule has 1 nitrogen and oxygen atoms in total. The molecule has 348 valence electrons. The van der Waals surface area contributed by atoms with E-state index in [0.29, 0.717) is 0 Å². The number of nitrogens with zero attached hydrogens (tertiary/aromatic N) is 1. The van der Waals surface area contributed by atoms with Gasteiger partial charge >= 0.3 is 0 Å². The summed E-state index contributed by atoms with van der Waals surface area (Å²) in [6.45, 7) is 0. The molecule has 0 aromatic heterocycles. The topological polar surface area (TPSA) is 3.24 Å². The minimum absolute atomic E-state index is 0.566. The van der Waals surface area contributed by atoms with Crippen LogP contribution in [-0.4, -0.2) is 0 Å². The summed E-state index contributed by atoms with van der Waals surface area (Å²) in [5.74, 6) is 0. The Kier molecular flexibility index (Phi) is 11.5. The van der Waals surface area contributed by atoms with E-state index in [9.17, 15) is 0 Å². The molecule has 0 atom stereocenters. The lowest BCUT2D eigenvalue weighted by Crippen LogP contribution is -2.28. The lowest BCUT2D eigenvalue weighted by molar-refractivity contribution is 0.768. The van der Waals surface area contributed by atoms with Gasteiger partial charge in [0.15, 0.2) is 0 Å². The molecule has 0 N–H and O–H groups in total. The minimum Gasteiger partial charge on any atom is -0.310 e. The van der Waals surface area contributed by atoms with Gasteiger partial charge in [-0.2, -0.15) is 0 Å². The van der Waals surface area contributed by atoms with Crippen molar-refractivity contribution < 1.29 is 0 Å². The molecule has 0 bridgehead atoms. The summed E-state index contributed by atoms with van der Waals surface area (Å²) in [5, 5.41) is 0. The Labute approximate surface area is 434 Å². The maximum atomic E-state index is 2.49. The van der Waals surface area contributed by atoms with Gasteiger partial charge in [-0.25, -0.2) is 0 Å². The predicted octanol–water partition coefficient (Wildman–Crippen LogP) is 19.5. The third-order valence-electron chi connectivity index (χ3n) is 15.0. The predicted molar refractivity (Wildman–Crippen MR) is 311 cm³/mol. The molecule has 0 aliphatic heterocycles. The Morgan fingerprint density at radius 2 is 0.608 bits per heavy atom. The van der Waals surface area contributed by atoms with Gasteiger partial charge in [-0.3, -0.25) is 0 Å². The molecule has 0 spiro atoms. The maximum Gasteiger partial charge on any atom is 0.0714 e. The highest BCUT2D eigenvalue weighted by atomic mass is 15.1. The summed E-state index contributed by atoms with van der Waals surface area (Å²) < 4.78 is 0. The number of hydrogen-bond acceptors (Lipinski definition) is 1. The normalized spacial score (nSPS) is 12.2. The zero-order chi connectivity index (χ0) is 49.3. The van der Waals surface area contributed by atoms with Gasteiger partial charge in [-0.05, 0) is 125 Å². The largest absolute Gasteiger partial charge is 0.310 e. The van der Waals surface area contributed by atoms with Crippen LogP contribution in [-0.2, 0) is 5.41 Å². The molecule has 12 aromatic rings. The zero-order valence-electron chi connectivity index (χ0n) is 40.9. The van der Waals surface area contributed by atoms with Gasteiger partial charge in [0.2, 0.25) is 0 Å².